The molecule has 0 amide bonds. The molecule has 1 aromatic heterocycles. The van der Waals surface area contributed by atoms with Gasteiger partial charge in [0.25, 0.3) is 10.0 Å². The Morgan fingerprint density at radius 3 is 2.64 bits per heavy atom. The quantitative estimate of drug-likeness (QED) is 0.629. The van der Waals surface area contributed by atoms with Gasteiger partial charge in [0.2, 0.25) is 0 Å². The molecule has 1 unspecified atom stereocenters. The van der Waals surface area contributed by atoms with Gasteiger partial charge in [-0.25, -0.2) is 8.42 Å². The maximum absolute atomic E-state index is 12.8. The van der Waals surface area contributed by atoms with E-state index in [1.165, 1.54) is 15.6 Å². The van der Waals surface area contributed by atoms with E-state index in [4.69, 9.17) is 23.2 Å². The fourth-order valence-corrected chi connectivity index (χ4v) is 8.18. The highest BCUT2D eigenvalue weighted by molar-refractivity contribution is 9.11. The first-order valence-electron chi connectivity index (χ1n) is 6.23. The van der Waals surface area contributed by atoms with E-state index in [2.05, 4.69) is 15.9 Å². The van der Waals surface area contributed by atoms with Crippen LogP contribution in [-0.4, -0.2) is 25.0 Å². The minimum absolute atomic E-state index is 0.323. The Morgan fingerprint density at radius 1 is 1.23 bits per heavy atom. The molecule has 1 aromatic carbocycles. The number of thiophene rings is 1. The van der Waals surface area contributed by atoms with E-state index in [9.17, 15) is 8.42 Å². The first kappa shape index (κ1) is 17.1. The number of hydrogen-bond acceptors (Lipinski definition) is 4. The van der Waals surface area contributed by atoms with Crippen LogP contribution in [0.4, 0.5) is 0 Å². The fraction of sp³-hybridized carbons (Fsp3) is 0.231. The maximum Gasteiger partial charge on any atom is 0.253 e. The fourth-order valence-electron chi connectivity index (χ4n) is 2.20. The van der Waals surface area contributed by atoms with E-state index >= 15 is 0 Å². The Bertz CT molecular complexity index is 809. The molecule has 1 aliphatic heterocycles. The summed E-state index contributed by atoms with van der Waals surface area (Å²) in [6.07, 6.45) is 0. The number of nitrogens with zero attached hydrogens (tertiary/aromatic N) is 1. The molecule has 3 rings (SSSR count). The zero-order valence-electron chi connectivity index (χ0n) is 11.0. The van der Waals surface area contributed by atoms with E-state index in [-0.39, 0.29) is 5.37 Å². The molecule has 1 fully saturated rings. The van der Waals surface area contributed by atoms with Crippen LogP contribution in [-0.2, 0) is 10.0 Å². The summed E-state index contributed by atoms with van der Waals surface area (Å²) in [5, 5.41) is 0.698. The van der Waals surface area contributed by atoms with Gasteiger partial charge in [0.1, 0.15) is 4.21 Å². The molecule has 0 N–H and O–H groups in total. The van der Waals surface area contributed by atoms with E-state index in [0.717, 1.165) is 15.1 Å². The molecule has 9 heteroatoms. The highest BCUT2D eigenvalue weighted by Crippen LogP contribution is 2.45. The van der Waals surface area contributed by atoms with Crippen molar-refractivity contribution < 1.29 is 8.42 Å². The third-order valence-corrected chi connectivity index (χ3v) is 9.08. The predicted octanol–water partition coefficient (Wildman–Crippen LogP) is 5.25. The second-order valence-corrected chi connectivity index (χ2v) is 11.2. The molecule has 1 aliphatic rings. The second kappa shape index (κ2) is 6.63. The Kier molecular flexibility index (Phi) is 5.14. The summed E-state index contributed by atoms with van der Waals surface area (Å²) >= 11 is 18.3. The average molecular weight is 459 g/mol. The van der Waals surface area contributed by atoms with Crippen molar-refractivity contribution in [3.8, 4) is 0 Å². The van der Waals surface area contributed by atoms with Crippen LogP contribution in [0.3, 0.4) is 0 Å². The average Bonchev–Trinajstić information content (AvgIpc) is 3.08. The smallest absolute Gasteiger partial charge is 0.206 e. The predicted molar refractivity (Wildman–Crippen MR) is 97.6 cm³/mol. The van der Waals surface area contributed by atoms with Crippen LogP contribution in [0, 0.1) is 0 Å². The third-order valence-electron chi connectivity index (χ3n) is 3.19. The maximum atomic E-state index is 12.8. The molecule has 1 saturated heterocycles. The van der Waals surface area contributed by atoms with Crippen LogP contribution in [0.5, 0.6) is 0 Å². The number of hydrogen-bond donors (Lipinski definition) is 0. The summed E-state index contributed by atoms with van der Waals surface area (Å²) in [7, 11) is -3.53. The third kappa shape index (κ3) is 3.22. The summed E-state index contributed by atoms with van der Waals surface area (Å²) in [6.45, 7) is 0.464. The molecule has 0 bridgehead atoms. The number of benzene rings is 1. The summed E-state index contributed by atoms with van der Waals surface area (Å²) in [6, 6.07) is 8.52. The molecule has 0 spiro atoms. The van der Waals surface area contributed by atoms with Crippen LogP contribution in [0.1, 0.15) is 10.9 Å². The highest BCUT2D eigenvalue weighted by Gasteiger charge is 2.38. The zero-order chi connectivity index (χ0) is 15.9. The number of sulfonamides is 1. The summed E-state index contributed by atoms with van der Waals surface area (Å²) in [5.74, 6) is 0.732. The van der Waals surface area contributed by atoms with E-state index in [0.29, 0.717) is 20.8 Å². The molecule has 0 aliphatic carbocycles. The molecule has 0 saturated carbocycles. The van der Waals surface area contributed by atoms with Gasteiger partial charge in [-0.1, -0.05) is 29.3 Å². The lowest BCUT2D eigenvalue weighted by Gasteiger charge is -2.23. The van der Waals surface area contributed by atoms with Crippen molar-refractivity contribution >= 4 is 72.3 Å². The number of halogens is 3. The lowest BCUT2D eigenvalue weighted by atomic mass is 10.2. The van der Waals surface area contributed by atoms with Crippen molar-refractivity contribution in [1.29, 1.82) is 0 Å². The van der Waals surface area contributed by atoms with Crippen molar-refractivity contribution in [3.05, 3.63) is 49.7 Å². The molecule has 1 atom stereocenters. The van der Waals surface area contributed by atoms with Crippen LogP contribution >= 0.6 is 62.2 Å². The highest BCUT2D eigenvalue weighted by atomic mass is 79.9. The molecular weight excluding hydrogens is 449 g/mol. The van der Waals surface area contributed by atoms with Crippen molar-refractivity contribution in [2.24, 2.45) is 0 Å². The summed E-state index contributed by atoms with van der Waals surface area (Å²) < 4.78 is 28.3. The van der Waals surface area contributed by atoms with Gasteiger partial charge in [-0.15, -0.1) is 23.1 Å². The minimum atomic E-state index is -3.53. The van der Waals surface area contributed by atoms with Crippen LogP contribution in [0.25, 0.3) is 0 Å². The van der Waals surface area contributed by atoms with Crippen LogP contribution in [0.2, 0.25) is 10.0 Å². The van der Waals surface area contributed by atoms with Crippen LogP contribution < -0.4 is 0 Å². The molecule has 118 valence electrons. The van der Waals surface area contributed by atoms with Gasteiger partial charge in [-0.05, 0) is 45.8 Å². The van der Waals surface area contributed by atoms with Gasteiger partial charge < -0.3 is 0 Å². The molecule has 0 radical (unpaired) electrons. The topological polar surface area (TPSA) is 37.4 Å². The first-order valence-corrected chi connectivity index (χ1v) is 11.1. The Hall–Kier alpha value is 0.240. The summed E-state index contributed by atoms with van der Waals surface area (Å²) in [4.78, 5) is 0. The lowest BCUT2D eigenvalue weighted by molar-refractivity contribution is 0.436. The van der Waals surface area contributed by atoms with Crippen molar-refractivity contribution in [2.75, 3.05) is 12.3 Å². The minimum Gasteiger partial charge on any atom is -0.206 e. The SMILES string of the molecule is O=S(=O)(c1ccc(Br)s1)N1CCSC1c1ccc(Cl)cc1Cl. The van der Waals surface area contributed by atoms with E-state index in [1.807, 2.05) is 0 Å². The van der Waals surface area contributed by atoms with Gasteiger partial charge in [0, 0.05) is 22.3 Å². The molecule has 2 heterocycles. The molecule has 22 heavy (non-hydrogen) atoms. The second-order valence-electron chi connectivity index (χ2n) is 4.56. The standard InChI is InChI=1S/C13H10BrCl2NO2S3/c14-11-3-4-12(21-11)22(18,19)17-5-6-20-13(17)9-2-1-8(15)7-10(9)16/h1-4,7,13H,5-6H2. The van der Waals surface area contributed by atoms with Crippen molar-refractivity contribution in [1.82, 2.24) is 4.31 Å². The van der Waals surface area contributed by atoms with E-state index < -0.39 is 10.0 Å². The monoisotopic (exact) mass is 457 g/mol. The van der Waals surface area contributed by atoms with Gasteiger partial charge in [-0.3, -0.25) is 0 Å². The lowest BCUT2D eigenvalue weighted by Crippen LogP contribution is -2.30. The van der Waals surface area contributed by atoms with Gasteiger partial charge in [0.15, 0.2) is 0 Å². The number of rotatable bonds is 3. The molecular formula is C13H10BrCl2NO2S3. The Labute approximate surface area is 155 Å². The Morgan fingerprint density at radius 2 is 2.00 bits per heavy atom. The first-order chi connectivity index (χ1) is 10.4. The van der Waals surface area contributed by atoms with Crippen LogP contribution in [0.15, 0.2) is 38.3 Å². The van der Waals surface area contributed by atoms with Crippen molar-refractivity contribution in [2.45, 2.75) is 9.58 Å². The van der Waals surface area contributed by atoms with Gasteiger partial charge >= 0.3 is 0 Å². The normalized spacial score (nSPS) is 19.7. The molecule has 3 nitrogen and oxygen atoms in total. The Balaban J connectivity index is 2.00. The zero-order valence-corrected chi connectivity index (χ0v) is 16.5. The van der Waals surface area contributed by atoms with Gasteiger partial charge in [-0.2, -0.15) is 4.31 Å². The van der Waals surface area contributed by atoms with Crippen molar-refractivity contribution in [3.63, 3.8) is 0 Å². The van der Waals surface area contributed by atoms with Gasteiger partial charge in [0.05, 0.1) is 9.16 Å². The largest absolute Gasteiger partial charge is 0.253 e. The number of thioether (sulfide) groups is 1. The molecule has 2 aromatic rings. The summed E-state index contributed by atoms with van der Waals surface area (Å²) in [5.41, 5.74) is 0.771. The van der Waals surface area contributed by atoms with E-state index in [1.54, 1.807) is 42.1 Å².